The smallest absolute Gasteiger partial charge is 0.349 e. The van der Waals surface area contributed by atoms with Crippen LogP contribution in [0.2, 0.25) is 0 Å². The van der Waals surface area contributed by atoms with Crippen molar-refractivity contribution in [3.8, 4) is 17.0 Å². The molecule has 3 aromatic heterocycles. The van der Waals surface area contributed by atoms with Gasteiger partial charge in [-0.15, -0.1) is 0 Å². The first-order chi connectivity index (χ1) is 15.4. The van der Waals surface area contributed by atoms with E-state index in [0.29, 0.717) is 16.9 Å². The maximum atomic E-state index is 12.9. The number of aromatic nitrogens is 2. The molecule has 0 aliphatic rings. The molecule has 4 rings (SSSR count). The fourth-order valence-corrected chi connectivity index (χ4v) is 4.47. The first kappa shape index (κ1) is 22.3. The molecule has 0 aliphatic heterocycles. The maximum absolute atomic E-state index is 12.9. The number of aromatic hydroxyl groups is 1. The van der Waals surface area contributed by atoms with Crippen molar-refractivity contribution < 1.29 is 14.4 Å². The number of para-hydroxylation sites is 1. The van der Waals surface area contributed by atoms with Crippen LogP contribution in [0.4, 0.5) is 11.5 Å². The van der Waals surface area contributed by atoms with Crippen molar-refractivity contribution in [3.63, 3.8) is 0 Å². The molecule has 3 heterocycles. The Balaban J connectivity index is 2.01. The fraction of sp³-hybridized carbons (Fsp3) is 0.333. The minimum Gasteiger partial charge on any atom is -0.506 e. The van der Waals surface area contributed by atoms with Crippen LogP contribution in [-0.4, -0.2) is 25.0 Å². The number of nitro groups is 1. The second-order valence-electron chi connectivity index (χ2n) is 10.0. The second-order valence-corrected chi connectivity index (χ2v) is 10.0. The Morgan fingerprint density at radius 2 is 1.85 bits per heavy atom. The zero-order chi connectivity index (χ0) is 24.1. The van der Waals surface area contributed by atoms with Gasteiger partial charge in [-0.3, -0.25) is 14.5 Å². The molecule has 0 amide bonds. The van der Waals surface area contributed by atoms with E-state index in [-0.39, 0.29) is 33.7 Å². The van der Waals surface area contributed by atoms with Crippen LogP contribution < -0.4 is 10.9 Å². The van der Waals surface area contributed by atoms with Crippen LogP contribution in [-0.2, 0) is 0 Å². The molecular weight excluding hydrogens is 424 g/mol. The van der Waals surface area contributed by atoms with E-state index in [1.807, 2.05) is 13.8 Å². The van der Waals surface area contributed by atoms with Crippen LogP contribution in [0.25, 0.3) is 27.9 Å². The number of benzene rings is 1. The van der Waals surface area contributed by atoms with Crippen LogP contribution in [0.5, 0.6) is 5.75 Å². The summed E-state index contributed by atoms with van der Waals surface area (Å²) in [7, 11) is 0. The molecule has 0 radical (unpaired) electrons. The molecule has 9 heteroatoms. The largest absolute Gasteiger partial charge is 0.506 e. The Morgan fingerprint density at radius 1 is 1.15 bits per heavy atom. The first-order valence-electron chi connectivity index (χ1n) is 10.6. The zero-order valence-electron chi connectivity index (χ0n) is 19.2. The van der Waals surface area contributed by atoms with Crippen LogP contribution in [0.1, 0.15) is 41.0 Å². The molecule has 0 saturated carbocycles. The third-order valence-electron chi connectivity index (χ3n) is 5.27. The molecule has 0 aliphatic carbocycles. The summed E-state index contributed by atoms with van der Waals surface area (Å²) in [5.74, 6) is 0.109. The van der Waals surface area contributed by atoms with E-state index in [0.717, 1.165) is 6.42 Å². The van der Waals surface area contributed by atoms with E-state index in [1.54, 1.807) is 24.3 Å². The minimum atomic E-state index is -0.749. The predicted octanol–water partition coefficient (Wildman–Crippen LogP) is 5.35. The minimum absolute atomic E-state index is 0.0206. The highest BCUT2D eigenvalue weighted by Gasteiger charge is 2.30. The van der Waals surface area contributed by atoms with E-state index in [9.17, 15) is 20.0 Å². The molecule has 2 N–H and O–H groups in total. The summed E-state index contributed by atoms with van der Waals surface area (Å²) in [6.07, 6.45) is 2.10. The second kappa shape index (κ2) is 7.61. The predicted molar refractivity (Wildman–Crippen MR) is 127 cm³/mol. The van der Waals surface area contributed by atoms with Gasteiger partial charge < -0.3 is 14.8 Å². The Labute approximate surface area is 189 Å². The summed E-state index contributed by atoms with van der Waals surface area (Å²) in [6.45, 7) is 10.3. The van der Waals surface area contributed by atoms with E-state index < -0.39 is 16.1 Å². The van der Waals surface area contributed by atoms with Crippen molar-refractivity contribution in [1.29, 1.82) is 0 Å². The Bertz CT molecular complexity index is 1440. The van der Waals surface area contributed by atoms with Crippen LogP contribution in [0.3, 0.4) is 0 Å². The highest BCUT2D eigenvalue weighted by atomic mass is 16.6. The Morgan fingerprint density at radius 3 is 2.52 bits per heavy atom. The van der Waals surface area contributed by atoms with Gasteiger partial charge in [-0.1, -0.05) is 32.9 Å². The number of hydrogen-bond donors (Lipinski definition) is 2. The average Bonchev–Trinajstić information content (AvgIpc) is 3.02. The van der Waals surface area contributed by atoms with E-state index in [4.69, 9.17) is 4.42 Å². The Kier molecular flexibility index (Phi) is 5.15. The third-order valence-corrected chi connectivity index (χ3v) is 5.27. The standard InChI is InChI=1S/C24H26N4O5/c1-23(2,3)13-24(4,5)26-21-19(25-17-11-10-14(28(31)32)12-27(17)21)18-20(29)15-8-6-7-9-16(15)33-22(18)30/h6-12,26,29H,13H2,1-5H3. The highest BCUT2D eigenvalue weighted by molar-refractivity contribution is 5.92. The normalized spacial score (nSPS) is 12.4. The maximum Gasteiger partial charge on any atom is 0.349 e. The summed E-state index contributed by atoms with van der Waals surface area (Å²) in [5, 5.41) is 26.2. The SMILES string of the molecule is CC(C)(C)CC(C)(C)Nc1c(-c2c(O)c3ccccc3oc2=O)nc2ccc([N+](=O)[O-])cn12. The van der Waals surface area contributed by atoms with Crippen molar-refractivity contribution in [1.82, 2.24) is 9.38 Å². The molecule has 4 aromatic rings. The van der Waals surface area contributed by atoms with Crippen LogP contribution in [0.15, 0.2) is 51.8 Å². The highest BCUT2D eigenvalue weighted by Crippen LogP contribution is 2.39. The molecular formula is C24H26N4O5. The lowest BCUT2D eigenvalue weighted by atomic mass is 9.82. The number of hydrogen-bond acceptors (Lipinski definition) is 7. The number of nitrogens with one attached hydrogen (secondary N) is 1. The summed E-state index contributed by atoms with van der Waals surface area (Å²) >= 11 is 0. The van der Waals surface area contributed by atoms with E-state index >= 15 is 0 Å². The fourth-order valence-electron chi connectivity index (χ4n) is 4.47. The molecule has 0 atom stereocenters. The lowest BCUT2D eigenvalue weighted by molar-refractivity contribution is -0.385. The molecule has 0 bridgehead atoms. The summed E-state index contributed by atoms with van der Waals surface area (Å²) in [5.41, 5.74) is -0.669. The summed E-state index contributed by atoms with van der Waals surface area (Å²) in [4.78, 5) is 28.4. The Hall–Kier alpha value is -3.88. The van der Waals surface area contributed by atoms with Gasteiger partial charge in [-0.25, -0.2) is 9.78 Å². The van der Waals surface area contributed by atoms with Gasteiger partial charge in [-0.05, 0) is 43.9 Å². The van der Waals surface area contributed by atoms with Gasteiger partial charge in [0.2, 0.25) is 0 Å². The van der Waals surface area contributed by atoms with Gasteiger partial charge in [0.05, 0.1) is 16.5 Å². The van der Waals surface area contributed by atoms with Crippen molar-refractivity contribution >= 4 is 28.1 Å². The van der Waals surface area contributed by atoms with Crippen LogP contribution >= 0.6 is 0 Å². The van der Waals surface area contributed by atoms with Gasteiger partial charge in [0, 0.05) is 11.6 Å². The number of nitrogens with zero attached hydrogens (tertiary/aromatic N) is 3. The first-order valence-corrected chi connectivity index (χ1v) is 10.6. The van der Waals surface area contributed by atoms with E-state index in [2.05, 4.69) is 31.1 Å². The molecule has 33 heavy (non-hydrogen) atoms. The van der Waals surface area contributed by atoms with Crippen molar-refractivity contribution in [2.24, 2.45) is 5.41 Å². The number of anilines is 1. The van der Waals surface area contributed by atoms with Gasteiger partial charge in [0.15, 0.2) is 0 Å². The quantitative estimate of drug-likeness (QED) is 0.239. The molecule has 0 fully saturated rings. The zero-order valence-corrected chi connectivity index (χ0v) is 19.2. The topological polar surface area (TPSA) is 123 Å². The lowest BCUT2D eigenvalue weighted by Crippen LogP contribution is -2.36. The summed E-state index contributed by atoms with van der Waals surface area (Å²) < 4.78 is 6.98. The number of pyridine rings is 1. The molecule has 9 nitrogen and oxygen atoms in total. The third kappa shape index (κ3) is 4.26. The van der Waals surface area contributed by atoms with Gasteiger partial charge in [0.25, 0.3) is 5.69 Å². The van der Waals surface area contributed by atoms with Gasteiger partial charge >= 0.3 is 5.63 Å². The monoisotopic (exact) mass is 450 g/mol. The van der Waals surface area contributed by atoms with Crippen LogP contribution in [0, 0.1) is 15.5 Å². The van der Waals surface area contributed by atoms with Crippen molar-refractivity contribution in [2.75, 3.05) is 5.32 Å². The molecule has 0 unspecified atom stereocenters. The van der Waals surface area contributed by atoms with Crippen molar-refractivity contribution in [2.45, 2.75) is 46.6 Å². The van der Waals surface area contributed by atoms with Gasteiger partial charge in [0.1, 0.15) is 34.1 Å². The van der Waals surface area contributed by atoms with Gasteiger partial charge in [-0.2, -0.15) is 0 Å². The number of imidazole rings is 1. The molecule has 0 saturated heterocycles. The average molecular weight is 450 g/mol. The number of fused-ring (bicyclic) bond motifs is 2. The lowest BCUT2D eigenvalue weighted by Gasteiger charge is -2.34. The molecule has 0 spiro atoms. The van der Waals surface area contributed by atoms with E-state index in [1.165, 1.54) is 22.7 Å². The van der Waals surface area contributed by atoms with Crippen molar-refractivity contribution in [3.05, 3.63) is 63.1 Å². The molecule has 1 aromatic carbocycles. The summed E-state index contributed by atoms with van der Waals surface area (Å²) in [6, 6.07) is 9.52. The number of rotatable bonds is 5. The molecule has 172 valence electrons.